The van der Waals surface area contributed by atoms with E-state index < -0.39 is 27.9 Å². The molecule has 7 heteroatoms. The van der Waals surface area contributed by atoms with Crippen molar-refractivity contribution >= 4 is 11.4 Å². The highest BCUT2D eigenvalue weighted by molar-refractivity contribution is 5.62. The number of hydrogen-bond acceptors (Lipinski definition) is 4. The first-order chi connectivity index (χ1) is 9.00. The third-order valence-electron chi connectivity index (χ3n) is 2.66. The van der Waals surface area contributed by atoms with E-state index in [0.29, 0.717) is 5.76 Å². The Labute approximate surface area is 107 Å². The number of rotatable bonds is 4. The molecule has 1 heterocycles. The first-order valence-corrected chi connectivity index (χ1v) is 5.40. The highest BCUT2D eigenvalue weighted by Crippen LogP contribution is 2.29. The summed E-state index contributed by atoms with van der Waals surface area (Å²) < 4.78 is 31.8. The summed E-state index contributed by atoms with van der Waals surface area (Å²) in [5.74, 6) is -1.93. The van der Waals surface area contributed by atoms with Crippen molar-refractivity contribution in [1.29, 1.82) is 0 Å². The maximum Gasteiger partial charge on any atom is 0.295 e. The number of furan rings is 1. The van der Waals surface area contributed by atoms with Crippen LogP contribution < -0.4 is 5.32 Å². The van der Waals surface area contributed by atoms with Crippen molar-refractivity contribution in [3.63, 3.8) is 0 Å². The molecule has 100 valence electrons. The first kappa shape index (κ1) is 13.0. The zero-order chi connectivity index (χ0) is 14.0. The van der Waals surface area contributed by atoms with E-state index in [1.165, 1.54) is 6.26 Å². The lowest BCUT2D eigenvalue weighted by atomic mass is 10.2. The van der Waals surface area contributed by atoms with Crippen LogP contribution in [0.2, 0.25) is 0 Å². The summed E-state index contributed by atoms with van der Waals surface area (Å²) in [5.41, 5.74) is -0.198. The number of benzene rings is 1. The highest BCUT2D eigenvalue weighted by atomic mass is 19.2. The van der Waals surface area contributed by atoms with Crippen LogP contribution in [-0.4, -0.2) is 4.92 Å². The molecule has 1 aromatic carbocycles. The van der Waals surface area contributed by atoms with Crippen molar-refractivity contribution in [2.45, 2.75) is 13.5 Å². The molecule has 0 saturated heterocycles. The third-order valence-corrected chi connectivity index (χ3v) is 2.66. The standard InChI is InChI=1S/C12H10F2N2O3/c1-7-4-5-19-10(7)6-15-12-9(16(17)18)3-2-8(13)11(12)14/h2-5,15H,6H2,1H3. The second-order valence-corrected chi connectivity index (χ2v) is 3.89. The molecule has 19 heavy (non-hydrogen) atoms. The van der Waals surface area contributed by atoms with Gasteiger partial charge in [-0.05, 0) is 24.6 Å². The minimum Gasteiger partial charge on any atom is -0.467 e. The minimum absolute atomic E-state index is 0.0278. The van der Waals surface area contributed by atoms with Crippen LogP contribution in [0.15, 0.2) is 28.9 Å². The van der Waals surface area contributed by atoms with Gasteiger partial charge in [0.05, 0.1) is 17.7 Å². The highest BCUT2D eigenvalue weighted by Gasteiger charge is 2.21. The zero-order valence-corrected chi connectivity index (χ0v) is 9.94. The average molecular weight is 268 g/mol. The molecular formula is C12H10F2N2O3. The van der Waals surface area contributed by atoms with E-state index in [1.807, 2.05) is 0 Å². The number of nitrogens with one attached hydrogen (secondary N) is 1. The molecule has 2 aromatic rings. The van der Waals surface area contributed by atoms with Crippen LogP contribution in [0.4, 0.5) is 20.2 Å². The summed E-state index contributed by atoms with van der Waals surface area (Å²) in [7, 11) is 0. The summed E-state index contributed by atoms with van der Waals surface area (Å²) in [5, 5.41) is 13.3. The lowest BCUT2D eigenvalue weighted by Crippen LogP contribution is -2.06. The molecule has 1 N–H and O–H groups in total. The number of nitro benzene ring substituents is 1. The SMILES string of the molecule is Cc1ccoc1CNc1c([N+](=O)[O-])ccc(F)c1F. The van der Waals surface area contributed by atoms with E-state index >= 15 is 0 Å². The van der Waals surface area contributed by atoms with Crippen molar-refractivity contribution in [3.8, 4) is 0 Å². The number of nitrogens with zero attached hydrogens (tertiary/aromatic N) is 1. The van der Waals surface area contributed by atoms with Gasteiger partial charge in [0.15, 0.2) is 17.3 Å². The number of halogens is 2. The fraction of sp³-hybridized carbons (Fsp3) is 0.167. The van der Waals surface area contributed by atoms with Gasteiger partial charge < -0.3 is 9.73 Å². The molecule has 0 aliphatic heterocycles. The van der Waals surface area contributed by atoms with Crippen molar-refractivity contribution in [1.82, 2.24) is 0 Å². The van der Waals surface area contributed by atoms with Gasteiger partial charge in [0.25, 0.3) is 5.69 Å². The molecule has 0 unspecified atom stereocenters. The molecule has 0 aliphatic carbocycles. The Morgan fingerprint density at radius 1 is 1.37 bits per heavy atom. The maximum atomic E-state index is 13.6. The fourth-order valence-electron chi connectivity index (χ4n) is 1.61. The molecule has 0 saturated carbocycles. The fourth-order valence-corrected chi connectivity index (χ4v) is 1.61. The predicted molar refractivity (Wildman–Crippen MR) is 63.8 cm³/mol. The van der Waals surface area contributed by atoms with Crippen molar-refractivity contribution in [3.05, 3.63) is 57.5 Å². The molecule has 0 aliphatic rings. The molecule has 0 atom stereocenters. The Morgan fingerprint density at radius 3 is 2.68 bits per heavy atom. The van der Waals surface area contributed by atoms with Gasteiger partial charge >= 0.3 is 0 Å². The summed E-state index contributed by atoms with van der Waals surface area (Å²) >= 11 is 0. The van der Waals surface area contributed by atoms with E-state index in [0.717, 1.165) is 17.7 Å². The molecule has 2 rings (SSSR count). The van der Waals surface area contributed by atoms with E-state index in [-0.39, 0.29) is 6.54 Å². The van der Waals surface area contributed by atoms with Gasteiger partial charge in [0, 0.05) is 6.07 Å². The maximum absolute atomic E-state index is 13.6. The van der Waals surface area contributed by atoms with Gasteiger partial charge in [-0.3, -0.25) is 10.1 Å². The topological polar surface area (TPSA) is 68.3 Å². The Bertz CT molecular complexity index is 625. The molecule has 0 fully saturated rings. The van der Waals surface area contributed by atoms with Crippen molar-refractivity contribution in [2.75, 3.05) is 5.32 Å². The van der Waals surface area contributed by atoms with E-state index in [1.54, 1.807) is 13.0 Å². The second-order valence-electron chi connectivity index (χ2n) is 3.89. The van der Waals surface area contributed by atoms with Crippen LogP contribution >= 0.6 is 0 Å². The van der Waals surface area contributed by atoms with Crippen LogP contribution in [0.5, 0.6) is 0 Å². The summed E-state index contributed by atoms with van der Waals surface area (Å²) in [6.45, 7) is 1.80. The largest absolute Gasteiger partial charge is 0.467 e. The van der Waals surface area contributed by atoms with Crippen LogP contribution in [-0.2, 0) is 6.54 Å². The Morgan fingerprint density at radius 2 is 2.11 bits per heavy atom. The lowest BCUT2D eigenvalue weighted by Gasteiger charge is -2.07. The minimum atomic E-state index is -1.28. The Kier molecular flexibility index (Phi) is 3.46. The van der Waals surface area contributed by atoms with Crippen molar-refractivity contribution < 1.29 is 18.1 Å². The van der Waals surface area contributed by atoms with Gasteiger partial charge in [-0.2, -0.15) is 0 Å². The Hall–Kier alpha value is -2.44. The van der Waals surface area contributed by atoms with Gasteiger partial charge in [-0.1, -0.05) is 0 Å². The van der Waals surface area contributed by atoms with Gasteiger partial charge in [0.2, 0.25) is 0 Å². The van der Waals surface area contributed by atoms with Crippen LogP contribution in [0.25, 0.3) is 0 Å². The zero-order valence-electron chi connectivity index (χ0n) is 9.94. The van der Waals surface area contributed by atoms with Gasteiger partial charge in [-0.25, -0.2) is 8.78 Å². The first-order valence-electron chi connectivity index (χ1n) is 5.40. The average Bonchev–Trinajstić information content (AvgIpc) is 2.76. The third kappa shape index (κ3) is 2.54. The normalized spacial score (nSPS) is 10.5. The van der Waals surface area contributed by atoms with Crippen LogP contribution in [0.1, 0.15) is 11.3 Å². The number of aryl methyl sites for hydroxylation is 1. The van der Waals surface area contributed by atoms with Gasteiger partial charge in [0.1, 0.15) is 5.76 Å². The molecule has 5 nitrogen and oxygen atoms in total. The van der Waals surface area contributed by atoms with Crippen molar-refractivity contribution in [2.24, 2.45) is 0 Å². The number of nitro groups is 1. The lowest BCUT2D eigenvalue weighted by molar-refractivity contribution is -0.384. The van der Waals surface area contributed by atoms with E-state index in [2.05, 4.69) is 5.32 Å². The van der Waals surface area contributed by atoms with E-state index in [9.17, 15) is 18.9 Å². The molecule has 0 bridgehead atoms. The molecule has 1 aromatic heterocycles. The van der Waals surface area contributed by atoms with Gasteiger partial charge in [-0.15, -0.1) is 0 Å². The summed E-state index contributed by atoms with van der Waals surface area (Å²) in [4.78, 5) is 9.99. The summed E-state index contributed by atoms with van der Waals surface area (Å²) in [6.07, 6.45) is 1.45. The van der Waals surface area contributed by atoms with Crippen LogP contribution in [0.3, 0.4) is 0 Å². The number of hydrogen-bond donors (Lipinski definition) is 1. The molecular weight excluding hydrogens is 258 g/mol. The quantitative estimate of drug-likeness (QED) is 0.681. The number of anilines is 1. The molecule has 0 amide bonds. The van der Waals surface area contributed by atoms with Crippen LogP contribution in [0, 0.1) is 28.7 Å². The smallest absolute Gasteiger partial charge is 0.295 e. The molecule has 0 spiro atoms. The predicted octanol–water partition coefficient (Wildman–Crippen LogP) is 3.39. The second kappa shape index (κ2) is 5.05. The summed E-state index contributed by atoms with van der Waals surface area (Å²) in [6, 6.07) is 3.33. The van der Waals surface area contributed by atoms with E-state index in [4.69, 9.17) is 4.42 Å². The monoisotopic (exact) mass is 268 g/mol. The Balaban J connectivity index is 2.31. The molecule has 0 radical (unpaired) electrons.